The molecule has 3 heteroatoms. The first kappa shape index (κ1) is 15.3. The van der Waals surface area contributed by atoms with Gasteiger partial charge in [0, 0.05) is 12.1 Å². The van der Waals surface area contributed by atoms with Gasteiger partial charge in [-0.3, -0.25) is 0 Å². The molecule has 0 saturated carbocycles. The standard InChI is InChI=1S/C18H22N2O/c1-3-5-10-15(9-4-2)17-13-18(14-19,20-21-17)16-11-7-6-8-12-16/h3-13,20H,14,19H2,1-2H3/b5-3-,9-4-,15-10+. The molecule has 1 heterocycles. The van der Waals surface area contributed by atoms with E-state index in [9.17, 15) is 0 Å². The minimum absolute atomic E-state index is 0.424. The van der Waals surface area contributed by atoms with Crippen LogP contribution in [0.2, 0.25) is 0 Å². The molecule has 0 saturated heterocycles. The third kappa shape index (κ3) is 3.32. The highest BCUT2D eigenvalue weighted by Crippen LogP contribution is 2.31. The van der Waals surface area contributed by atoms with Crippen molar-refractivity contribution in [2.45, 2.75) is 19.4 Å². The van der Waals surface area contributed by atoms with Gasteiger partial charge in [0.1, 0.15) is 5.54 Å². The van der Waals surface area contributed by atoms with Crippen LogP contribution >= 0.6 is 0 Å². The Morgan fingerprint density at radius 2 is 2.00 bits per heavy atom. The maximum atomic E-state index is 6.00. The van der Waals surface area contributed by atoms with Gasteiger partial charge >= 0.3 is 0 Å². The number of benzene rings is 1. The lowest BCUT2D eigenvalue weighted by atomic mass is 9.90. The SMILES string of the molecule is C\C=C/C=C(\C=C/C)C1=CC(CN)(c2ccccc2)NO1. The summed E-state index contributed by atoms with van der Waals surface area (Å²) in [5.74, 6) is 0.792. The zero-order valence-corrected chi connectivity index (χ0v) is 12.5. The van der Waals surface area contributed by atoms with Gasteiger partial charge in [0.15, 0.2) is 5.76 Å². The lowest BCUT2D eigenvalue weighted by Crippen LogP contribution is -2.43. The third-order valence-electron chi connectivity index (χ3n) is 3.43. The first-order chi connectivity index (χ1) is 10.3. The lowest BCUT2D eigenvalue weighted by molar-refractivity contribution is 0.0853. The van der Waals surface area contributed by atoms with Gasteiger partial charge in [-0.2, -0.15) is 0 Å². The predicted molar refractivity (Wildman–Crippen MR) is 87.2 cm³/mol. The third-order valence-corrected chi connectivity index (χ3v) is 3.43. The van der Waals surface area contributed by atoms with Crippen LogP contribution in [0.4, 0.5) is 0 Å². The van der Waals surface area contributed by atoms with Crippen molar-refractivity contribution < 1.29 is 4.84 Å². The highest BCUT2D eigenvalue weighted by molar-refractivity contribution is 5.44. The smallest absolute Gasteiger partial charge is 0.152 e. The molecule has 3 N–H and O–H groups in total. The second-order valence-corrected chi connectivity index (χ2v) is 4.90. The molecule has 0 radical (unpaired) electrons. The van der Waals surface area contributed by atoms with E-state index in [0.29, 0.717) is 6.54 Å². The number of allylic oxidation sites excluding steroid dienone is 5. The molecule has 0 spiro atoms. The van der Waals surface area contributed by atoms with Gasteiger partial charge in [-0.1, -0.05) is 60.7 Å². The van der Waals surface area contributed by atoms with Crippen molar-refractivity contribution >= 4 is 0 Å². The summed E-state index contributed by atoms with van der Waals surface area (Å²) in [5.41, 5.74) is 10.7. The van der Waals surface area contributed by atoms with E-state index in [-0.39, 0.29) is 0 Å². The molecule has 0 aliphatic carbocycles. The van der Waals surface area contributed by atoms with Gasteiger partial charge in [-0.05, 0) is 25.5 Å². The van der Waals surface area contributed by atoms with Crippen LogP contribution in [-0.2, 0) is 10.4 Å². The first-order valence-electron chi connectivity index (χ1n) is 7.14. The molecule has 2 rings (SSSR count). The average molecular weight is 282 g/mol. The molecule has 3 nitrogen and oxygen atoms in total. The Morgan fingerprint density at radius 3 is 2.62 bits per heavy atom. The van der Waals surface area contributed by atoms with E-state index < -0.39 is 5.54 Å². The molecule has 0 amide bonds. The van der Waals surface area contributed by atoms with Crippen LogP contribution in [0.15, 0.2) is 78.1 Å². The predicted octanol–water partition coefficient (Wildman–Crippen LogP) is 3.34. The molecule has 1 atom stereocenters. The fourth-order valence-corrected chi connectivity index (χ4v) is 2.27. The topological polar surface area (TPSA) is 47.3 Å². The highest BCUT2D eigenvalue weighted by Gasteiger charge is 2.35. The first-order valence-corrected chi connectivity index (χ1v) is 7.14. The molecule has 1 aliphatic heterocycles. The van der Waals surface area contributed by atoms with Crippen LogP contribution in [0.1, 0.15) is 19.4 Å². The van der Waals surface area contributed by atoms with Crippen LogP contribution in [0, 0.1) is 0 Å². The minimum atomic E-state index is -0.479. The zero-order valence-electron chi connectivity index (χ0n) is 12.5. The normalized spacial score (nSPS) is 22.8. The van der Waals surface area contributed by atoms with Crippen molar-refractivity contribution in [1.82, 2.24) is 5.48 Å². The highest BCUT2D eigenvalue weighted by atomic mass is 16.7. The van der Waals surface area contributed by atoms with E-state index in [1.165, 1.54) is 0 Å². The summed E-state index contributed by atoms with van der Waals surface area (Å²) in [6.45, 7) is 4.40. The Bertz CT molecular complexity index is 584. The van der Waals surface area contributed by atoms with Crippen LogP contribution in [-0.4, -0.2) is 6.54 Å². The Hall–Kier alpha value is -2.10. The average Bonchev–Trinajstić information content (AvgIpc) is 2.98. The Labute approximate surface area is 126 Å². The number of nitrogens with two attached hydrogens (primary N) is 1. The van der Waals surface area contributed by atoms with Gasteiger partial charge in [-0.15, -0.1) is 5.48 Å². The number of hydroxylamine groups is 1. The lowest BCUT2D eigenvalue weighted by Gasteiger charge is -2.24. The summed E-state index contributed by atoms with van der Waals surface area (Å²) in [6.07, 6.45) is 12.1. The molecule has 1 unspecified atom stereocenters. The van der Waals surface area contributed by atoms with E-state index in [2.05, 4.69) is 11.6 Å². The summed E-state index contributed by atoms with van der Waals surface area (Å²) in [5, 5.41) is 0. The summed E-state index contributed by atoms with van der Waals surface area (Å²) in [6, 6.07) is 10.1. The minimum Gasteiger partial charge on any atom is -0.407 e. The van der Waals surface area contributed by atoms with Crippen LogP contribution in [0.25, 0.3) is 0 Å². The molecule has 21 heavy (non-hydrogen) atoms. The fraction of sp³-hybridized carbons (Fsp3) is 0.222. The van der Waals surface area contributed by atoms with Crippen molar-refractivity contribution in [3.05, 3.63) is 83.7 Å². The molecule has 1 aromatic carbocycles. The monoisotopic (exact) mass is 282 g/mol. The van der Waals surface area contributed by atoms with E-state index in [1.54, 1.807) is 0 Å². The van der Waals surface area contributed by atoms with Gasteiger partial charge in [-0.25, -0.2) is 0 Å². The molecule has 0 fully saturated rings. The van der Waals surface area contributed by atoms with E-state index in [1.807, 2.05) is 74.6 Å². The zero-order chi connectivity index (χ0) is 15.1. The summed E-state index contributed by atoms with van der Waals surface area (Å²) >= 11 is 0. The number of hydrogen-bond donors (Lipinski definition) is 2. The molecular weight excluding hydrogens is 260 g/mol. The number of nitrogens with one attached hydrogen (secondary N) is 1. The van der Waals surface area contributed by atoms with Crippen molar-refractivity contribution in [3.63, 3.8) is 0 Å². The fourth-order valence-electron chi connectivity index (χ4n) is 2.27. The second-order valence-electron chi connectivity index (χ2n) is 4.90. The van der Waals surface area contributed by atoms with Gasteiger partial charge < -0.3 is 10.6 Å². The molecule has 1 aliphatic rings. The van der Waals surface area contributed by atoms with Crippen molar-refractivity contribution in [1.29, 1.82) is 0 Å². The van der Waals surface area contributed by atoms with Crippen molar-refractivity contribution in [2.75, 3.05) is 6.54 Å². The number of rotatable bonds is 5. The Balaban J connectivity index is 2.39. The van der Waals surface area contributed by atoms with Crippen molar-refractivity contribution in [2.24, 2.45) is 5.73 Å². The Kier molecular flexibility index (Phi) is 5.14. The van der Waals surface area contributed by atoms with Crippen LogP contribution < -0.4 is 11.2 Å². The largest absolute Gasteiger partial charge is 0.407 e. The molecule has 0 bridgehead atoms. The maximum Gasteiger partial charge on any atom is 0.152 e. The quantitative estimate of drug-likeness (QED) is 0.814. The molecule has 1 aromatic rings. The van der Waals surface area contributed by atoms with Gasteiger partial charge in [0.2, 0.25) is 0 Å². The maximum absolute atomic E-state index is 6.00. The molecule has 110 valence electrons. The van der Waals surface area contributed by atoms with E-state index in [0.717, 1.165) is 16.9 Å². The molecule has 0 aromatic heterocycles. The van der Waals surface area contributed by atoms with Crippen LogP contribution in [0.3, 0.4) is 0 Å². The van der Waals surface area contributed by atoms with Crippen molar-refractivity contribution in [3.8, 4) is 0 Å². The van der Waals surface area contributed by atoms with Gasteiger partial charge in [0.05, 0.1) is 0 Å². The van der Waals surface area contributed by atoms with E-state index in [4.69, 9.17) is 10.6 Å². The summed E-state index contributed by atoms with van der Waals surface area (Å²) < 4.78 is 0. The molecular formula is C18H22N2O. The van der Waals surface area contributed by atoms with E-state index >= 15 is 0 Å². The summed E-state index contributed by atoms with van der Waals surface area (Å²) in [7, 11) is 0. The van der Waals surface area contributed by atoms with Crippen LogP contribution in [0.5, 0.6) is 0 Å². The Morgan fingerprint density at radius 1 is 1.24 bits per heavy atom. The second kappa shape index (κ2) is 7.07. The summed E-state index contributed by atoms with van der Waals surface area (Å²) in [4.78, 5) is 5.70. The number of hydrogen-bond acceptors (Lipinski definition) is 3. The van der Waals surface area contributed by atoms with Gasteiger partial charge in [0.25, 0.3) is 0 Å².